The number of hydrogen-bond donors (Lipinski definition) is 2. The molecule has 1 aliphatic heterocycles. The molecular weight excluding hydrogens is 256 g/mol. The van der Waals surface area contributed by atoms with E-state index in [9.17, 15) is 4.79 Å². The average molecular weight is 272 g/mol. The Bertz CT molecular complexity index is 559. The molecule has 2 heterocycles. The Labute approximate surface area is 116 Å². The van der Waals surface area contributed by atoms with Crippen molar-refractivity contribution in [3.05, 3.63) is 29.8 Å². The van der Waals surface area contributed by atoms with E-state index in [-0.39, 0.29) is 5.91 Å². The van der Waals surface area contributed by atoms with E-state index >= 15 is 0 Å². The first kappa shape index (κ1) is 12.7. The van der Waals surface area contributed by atoms with E-state index in [4.69, 9.17) is 0 Å². The van der Waals surface area contributed by atoms with E-state index in [0.717, 1.165) is 37.3 Å². The lowest BCUT2D eigenvalue weighted by molar-refractivity contribution is -0.131. The summed E-state index contributed by atoms with van der Waals surface area (Å²) < 4.78 is 0. The van der Waals surface area contributed by atoms with Gasteiger partial charge in [-0.15, -0.1) is 10.2 Å². The summed E-state index contributed by atoms with van der Waals surface area (Å²) in [6.07, 6.45) is 0.437. The highest BCUT2D eigenvalue weighted by Crippen LogP contribution is 2.14. The molecule has 3 rings (SSSR count). The third-order valence-electron chi connectivity index (χ3n) is 3.38. The van der Waals surface area contributed by atoms with E-state index in [1.54, 1.807) is 0 Å². The van der Waals surface area contributed by atoms with Crippen LogP contribution in [0.25, 0.3) is 11.4 Å². The molecule has 0 bridgehead atoms. The second-order valence-electron chi connectivity index (χ2n) is 4.74. The summed E-state index contributed by atoms with van der Waals surface area (Å²) in [5, 5.41) is 17.0. The van der Waals surface area contributed by atoms with Crippen molar-refractivity contribution in [2.75, 3.05) is 26.2 Å². The molecule has 2 N–H and O–H groups in total. The van der Waals surface area contributed by atoms with Gasteiger partial charge in [-0.3, -0.25) is 4.79 Å². The summed E-state index contributed by atoms with van der Waals surface area (Å²) in [5.41, 5.74) is 1.89. The number of aromatic nitrogens is 4. The van der Waals surface area contributed by atoms with Gasteiger partial charge in [0, 0.05) is 31.7 Å². The molecule has 0 atom stereocenters. The fourth-order valence-corrected chi connectivity index (χ4v) is 2.26. The molecule has 20 heavy (non-hydrogen) atoms. The van der Waals surface area contributed by atoms with Crippen LogP contribution in [0.15, 0.2) is 24.3 Å². The highest BCUT2D eigenvalue weighted by atomic mass is 16.2. The Balaban J connectivity index is 1.64. The third kappa shape index (κ3) is 2.83. The smallest absolute Gasteiger partial charge is 0.227 e. The number of carbonyl (C=O) groups excluding carboxylic acids is 1. The number of piperazine rings is 1. The largest absolute Gasteiger partial charge is 0.340 e. The van der Waals surface area contributed by atoms with Gasteiger partial charge >= 0.3 is 0 Å². The Morgan fingerprint density at radius 3 is 2.60 bits per heavy atom. The van der Waals surface area contributed by atoms with Gasteiger partial charge in [0.15, 0.2) is 0 Å². The molecule has 7 heteroatoms. The summed E-state index contributed by atoms with van der Waals surface area (Å²) in [5.74, 6) is 0.740. The van der Waals surface area contributed by atoms with Crippen LogP contribution in [-0.2, 0) is 11.2 Å². The Morgan fingerprint density at radius 2 is 1.95 bits per heavy atom. The number of H-pyrrole nitrogens is 1. The Hall–Kier alpha value is -2.28. The van der Waals surface area contributed by atoms with Crippen LogP contribution in [-0.4, -0.2) is 57.6 Å². The number of aromatic amines is 1. The van der Waals surface area contributed by atoms with Crippen LogP contribution in [0.2, 0.25) is 0 Å². The molecule has 0 unspecified atom stereocenters. The zero-order valence-corrected chi connectivity index (χ0v) is 11.0. The molecule has 0 saturated carbocycles. The van der Waals surface area contributed by atoms with E-state index < -0.39 is 0 Å². The van der Waals surface area contributed by atoms with Crippen LogP contribution < -0.4 is 5.32 Å². The minimum atomic E-state index is 0.179. The van der Waals surface area contributed by atoms with Gasteiger partial charge in [-0.2, -0.15) is 5.21 Å². The molecule has 1 amide bonds. The quantitative estimate of drug-likeness (QED) is 0.811. The molecule has 7 nitrogen and oxygen atoms in total. The van der Waals surface area contributed by atoms with E-state index in [1.807, 2.05) is 29.2 Å². The molecule has 1 fully saturated rings. The predicted octanol–water partition coefficient (Wildman–Crippen LogP) is -0.159. The van der Waals surface area contributed by atoms with Gasteiger partial charge in [-0.1, -0.05) is 24.3 Å². The lowest BCUT2D eigenvalue weighted by Gasteiger charge is -2.27. The van der Waals surface area contributed by atoms with E-state index in [0.29, 0.717) is 12.2 Å². The number of nitrogens with one attached hydrogen (secondary N) is 2. The monoisotopic (exact) mass is 272 g/mol. The number of benzene rings is 1. The van der Waals surface area contributed by atoms with Crippen LogP contribution >= 0.6 is 0 Å². The maximum absolute atomic E-state index is 12.1. The van der Waals surface area contributed by atoms with Crippen LogP contribution in [0.4, 0.5) is 0 Å². The summed E-state index contributed by atoms with van der Waals surface area (Å²) in [7, 11) is 0. The van der Waals surface area contributed by atoms with Crippen LogP contribution in [0.1, 0.15) is 5.56 Å². The van der Waals surface area contributed by atoms with Crippen molar-refractivity contribution in [2.24, 2.45) is 0 Å². The number of hydrogen-bond acceptors (Lipinski definition) is 5. The molecule has 1 saturated heterocycles. The van der Waals surface area contributed by atoms with Gasteiger partial charge in [-0.25, -0.2) is 0 Å². The van der Waals surface area contributed by atoms with Crippen molar-refractivity contribution in [3.63, 3.8) is 0 Å². The van der Waals surface area contributed by atoms with Gasteiger partial charge in [-0.05, 0) is 10.8 Å². The summed E-state index contributed by atoms with van der Waals surface area (Å²) in [6, 6.07) is 7.69. The van der Waals surface area contributed by atoms with Gasteiger partial charge in [0.05, 0.1) is 6.42 Å². The number of nitrogens with zero attached hydrogens (tertiary/aromatic N) is 4. The molecule has 1 aromatic heterocycles. The fraction of sp³-hybridized carbons (Fsp3) is 0.385. The number of rotatable bonds is 3. The predicted molar refractivity (Wildman–Crippen MR) is 72.8 cm³/mol. The number of carbonyl (C=O) groups is 1. The summed E-state index contributed by atoms with van der Waals surface area (Å²) in [4.78, 5) is 14.0. The summed E-state index contributed by atoms with van der Waals surface area (Å²) in [6.45, 7) is 3.34. The van der Waals surface area contributed by atoms with E-state index in [2.05, 4.69) is 25.9 Å². The first-order chi connectivity index (χ1) is 9.83. The first-order valence-corrected chi connectivity index (χ1v) is 6.64. The second kappa shape index (κ2) is 5.79. The minimum absolute atomic E-state index is 0.179. The number of tetrazole rings is 1. The average Bonchev–Trinajstić information content (AvgIpc) is 3.03. The lowest BCUT2D eigenvalue weighted by atomic mass is 10.1. The maximum atomic E-state index is 12.1. The number of amides is 1. The van der Waals surface area contributed by atoms with Gasteiger partial charge in [0.2, 0.25) is 11.7 Å². The van der Waals surface area contributed by atoms with Crippen molar-refractivity contribution in [1.82, 2.24) is 30.8 Å². The topological polar surface area (TPSA) is 86.8 Å². The van der Waals surface area contributed by atoms with Crippen LogP contribution in [0.3, 0.4) is 0 Å². The molecular formula is C13H16N6O. The molecule has 1 aromatic carbocycles. The Morgan fingerprint density at radius 1 is 1.20 bits per heavy atom. The molecule has 2 aromatic rings. The molecule has 1 aliphatic rings. The third-order valence-corrected chi connectivity index (χ3v) is 3.38. The van der Waals surface area contributed by atoms with Gasteiger partial charge in [0.25, 0.3) is 0 Å². The summed E-state index contributed by atoms with van der Waals surface area (Å²) >= 11 is 0. The molecule has 0 spiro atoms. The standard InChI is InChI=1S/C13H16N6O/c20-12(19-7-5-14-6-8-19)9-10-1-3-11(4-2-10)13-15-17-18-16-13/h1-4,14H,5-9H2,(H,15,16,17,18). The molecule has 104 valence electrons. The SMILES string of the molecule is O=C(Cc1ccc(-c2nn[nH]n2)cc1)N1CCNCC1. The van der Waals surface area contributed by atoms with Gasteiger partial charge in [0.1, 0.15) is 0 Å². The van der Waals surface area contributed by atoms with Crippen molar-refractivity contribution < 1.29 is 4.79 Å². The highest BCUT2D eigenvalue weighted by molar-refractivity contribution is 5.79. The molecule has 0 radical (unpaired) electrons. The van der Waals surface area contributed by atoms with E-state index in [1.165, 1.54) is 0 Å². The maximum Gasteiger partial charge on any atom is 0.227 e. The van der Waals surface area contributed by atoms with Gasteiger partial charge < -0.3 is 10.2 Å². The highest BCUT2D eigenvalue weighted by Gasteiger charge is 2.16. The van der Waals surface area contributed by atoms with Crippen molar-refractivity contribution in [2.45, 2.75) is 6.42 Å². The zero-order chi connectivity index (χ0) is 13.8. The van der Waals surface area contributed by atoms with Crippen LogP contribution in [0, 0.1) is 0 Å². The minimum Gasteiger partial charge on any atom is -0.340 e. The fourth-order valence-electron chi connectivity index (χ4n) is 2.26. The van der Waals surface area contributed by atoms with Crippen LogP contribution in [0.5, 0.6) is 0 Å². The first-order valence-electron chi connectivity index (χ1n) is 6.64. The lowest BCUT2D eigenvalue weighted by Crippen LogP contribution is -2.46. The van der Waals surface area contributed by atoms with Crippen molar-refractivity contribution in [3.8, 4) is 11.4 Å². The van der Waals surface area contributed by atoms with Crippen molar-refractivity contribution >= 4 is 5.91 Å². The zero-order valence-electron chi connectivity index (χ0n) is 11.0. The van der Waals surface area contributed by atoms with Crippen molar-refractivity contribution in [1.29, 1.82) is 0 Å². The second-order valence-corrected chi connectivity index (χ2v) is 4.74. The Kier molecular flexibility index (Phi) is 3.69. The normalized spacial score (nSPS) is 15.3. The molecule has 0 aliphatic carbocycles.